The molecule has 2 N–H and O–H groups in total. The highest BCUT2D eigenvalue weighted by Crippen LogP contribution is 2.16. The zero-order valence-electron chi connectivity index (χ0n) is 10.3. The molecule has 0 saturated heterocycles. The molecule has 0 aliphatic carbocycles. The van der Waals surface area contributed by atoms with Crippen LogP contribution in [0.2, 0.25) is 0 Å². The van der Waals surface area contributed by atoms with E-state index in [4.69, 9.17) is 5.73 Å². The normalized spacial score (nSPS) is 10.7. The number of benzene rings is 1. The molecule has 2 heterocycles. The number of hydrogen-bond donors (Lipinski definition) is 1. The predicted molar refractivity (Wildman–Crippen MR) is 73.8 cm³/mol. The van der Waals surface area contributed by atoms with Crippen LogP contribution in [0, 0.1) is 0 Å². The quantitative estimate of drug-likeness (QED) is 0.775. The molecule has 0 fully saturated rings. The van der Waals surface area contributed by atoms with Crippen LogP contribution in [0.25, 0.3) is 11.0 Å². The maximum Gasteiger partial charge on any atom is 0.250 e. The van der Waals surface area contributed by atoms with E-state index in [0.29, 0.717) is 5.56 Å². The fraction of sp³-hybridized carbons (Fsp3) is 0.0667. The van der Waals surface area contributed by atoms with Gasteiger partial charge in [-0.05, 0) is 17.7 Å². The summed E-state index contributed by atoms with van der Waals surface area (Å²) in [6.45, 7) is 0.757. The van der Waals surface area contributed by atoms with Crippen molar-refractivity contribution in [2.75, 3.05) is 0 Å². The van der Waals surface area contributed by atoms with E-state index in [1.54, 1.807) is 6.07 Å². The summed E-state index contributed by atoms with van der Waals surface area (Å²) in [5.41, 5.74) is 7.75. The van der Waals surface area contributed by atoms with Crippen molar-refractivity contribution in [3.05, 3.63) is 66.0 Å². The molecular weight excluding hydrogens is 238 g/mol. The Bertz CT molecular complexity index is 731. The third-order valence-electron chi connectivity index (χ3n) is 3.08. The van der Waals surface area contributed by atoms with E-state index >= 15 is 0 Å². The molecule has 1 aromatic carbocycles. The van der Waals surface area contributed by atoms with Crippen molar-refractivity contribution in [3.8, 4) is 0 Å². The summed E-state index contributed by atoms with van der Waals surface area (Å²) in [6, 6.07) is 13.9. The lowest BCUT2D eigenvalue weighted by Gasteiger charge is -2.05. The van der Waals surface area contributed by atoms with Gasteiger partial charge in [0.25, 0.3) is 0 Å². The van der Waals surface area contributed by atoms with Gasteiger partial charge in [0.05, 0.1) is 5.56 Å². The predicted octanol–water partition coefficient (Wildman–Crippen LogP) is 2.18. The molecule has 3 aromatic rings. The summed E-state index contributed by atoms with van der Waals surface area (Å²) in [5, 5.41) is 0.923. The lowest BCUT2D eigenvalue weighted by Crippen LogP contribution is -2.11. The molecular formula is C15H13N3O. The number of primary amides is 1. The van der Waals surface area contributed by atoms with Gasteiger partial charge in [0.1, 0.15) is 5.65 Å². The van der Waals surface area contributed by atoms with Gasteiger partial charge in [-0.15, -0.1) is 0 Å². The molecule has 0 unspecified atom stereocenters. The SMILES string of the molecule is NC(=O)c1cnc2c(ccn2Cc2ccccc2)c1. The molecule has 1 amide bonds. The van der Waals surface area contributed by atoms with E-state index in [1.165, 1.54) is 11.8 Å². The van der Waals surface area contributed by atoms with Gasteiger partial charge in [-0.1, -0.05) is 30.3 Å². The third-order valence-corrected chi connectivity index (χ3v) is 3.08. The van der Waals surface area contributed by atoms with Crippen molar-refractivity contribution in [1.82, 2.24) is 9.55 Å². The van der Waals surface area contributed by atoms with Crippen molar-refractivity contribution in [3.63, 3.8) is 0 Å². The number of carbonyl (C=O) groups is 1. The second-order valence-electron chi connectivity index (χ2n) is 4.43. The van der Waals surface area contributed by atoms with Gasteiger partial charge < -0.3 is 10.3 Å². The minimum Gasteiger partial charge on any atom is -0.366 e. The minimum absolute atomic E-state index is 0.435. The van der Waals surface area contributed by atoms with Gasteiger partial charge in [-0.2, -0.15) is 0 Å². The van der Waals surface area contributed by atoms with Gasteiger partial charge in [0.2, 0.25) is 5.91 Å². The maximum atomic E-state index is 11.1. The molecule has 3 rings (SSSR count). The van der Waals surface area contributed by atoms with Crippen LogP contribution >= 0.6 is 0 Å². The van der Waals surface area contributed by atoms with E-state index in [9.17, 15) is 4.79 Å². The maximum absolute atomic E-state index is 11.1. The number of hydrogen-bond acceptors (Lipinski definition) is 2. The van der Waals surface area contributed by atoms with Crippen LogP contribution in [0.1, 0.15) is 15.9 Å². The van der Waals surface area contributed by atoms with Gasteiger partial charge in [0, 0.05) is 24.3 Å². The van der Waals surface area contributed by atoms with Gasteiger partial charge >= 0.3 is 0 Å². The van der Waals surface area contributed by atoms with Gasteiger partial charge in [-0.3, -0.25) is 4.79 Å². The number of fused-ring (bicyclic) bond motifs is 1. The number of nitrogens with zero attached hydrogens (tertiary/aromatic N) is 2. The second kappa shape index (κ2) is 4.57. The average Bonchev–Trinajstić information content (AvgIpc) is 2.82. The summed E-state index contributed by atoms with van der Waals surface area (Å²) in [4.78, 5) is 15.4. The first-order chi connectivity index (χ1) is 9.24. The van der Waals surface area contributed by atoms with Gasteiger partial charge in [-0.25, -0.2) is 4.98 Å². The molecule has 2 aromatic heterocycles. The van der Waals surface area contributed by atoms with Crippen molar-refractivity contribution >= 4 is 16.9 Å². The van der Waals surface area contributed by atoms with E-state index in [2.05, 4.69) is 21.7 Å². The Balaban J connectivity index is 1.99. The smallest absolute Gasteiger partial charge is 0.250 e. The molecule has 4 nitrogen and oxygen atoms in total. The van der Waals surface area contributed by atoms with E-state index in [0.717, 1.165) is 17.6 Å². The van der Waals surface area contributed by atoms with Crippen LogP contribution in [0.4, 0.5) is 0 Å². The number of pyridine rings is 1. The first-order valence-electron chi connectivity index (χ1n) is 6.02. The highest BCUT2D eigenvalue weighted by Gasteiger charge is 2.06. The van der Waals surface area contributed by atoms with Crippen molar-refractivity contribution in [2.45, 2.75) is 6.54 Å². The number of rotatable bonds is 3. The summed E-state index contributed by atoms with van der Waals surface area (Å²) in [6.07, 6.45) is 3.49. The first kappa shape index (κ1) is 11.5. The summed E-state index contributed by atoms with van der Waals surface area (Å²) in [7, 11) is 0. The summed E-state index contributed by atoms with van der Waals surface area (Å²) < 4.78 is 2.05. The highest BCUT2D eigenvalue weighted by molar-refractivity contribution is 5.95. The lowest BCUT2D eigenvalue weighted by atomic mass is 10.2. The summed E-state index contributed by atoms with van der Waals surface area (Å²) >= 11 is 0. The fourth-order valence-corrected chi connectivity index (χ4v) is 2.12. The Morgan fingerprint density at radius 3 is 2.74 bits per heavy atom. The van der Waals surface area contributed by atoms with E-state index < -0.39 is 5.91 Å². The highest BCUT2D eigenvalue weighted by atomic mass is 16.1. The summed E-state index contributed by atoms with van der Waals surface area (Å²) in [5.74, 6) is -0.454. The zero-order chi connectivity index (χ0) is 13.2. The number of nitrogens with two attached hydrogens (primary N) is 1. The molecule has 94 valence electrons. The second-order valence-corrected chi connectivity index (χ2v) is 4.43. The first-order valence-corrected chi connectivity index (χ1v) is 6.02. The van der Waals surface area contributed by atoms with Crippen molar-refractivity contribution < 1.29 is 4.79 Å². The monoisotopic (exact) mass is 251 g/mol. The molecule has 0 aliphatic heterocycles. The van der Waals surface area contributed by atoms with Crippen LogP contribution in [0.5, 0.6) is 0 Å². The third kappa shape index (κ3) is 2.20. The Labute approximate surface area is 110 Å². The molecule has 4 heteroatoms. The topological polar surface area (TPSA) is 60.9 Å². The largest absolute Gasteiger partial charge is 0.366 e. The van der Waals surface area contributed by atoms with Crippen LogP contribution < -0.4 is 5.73 Å². The van der Waals surface area contributed by atoms with Crippen LogP contribution in [-0.2, 0) is 6.54 Å². The van der Waals surface area contributed by atoms with Crippen LogP contribution in [0.3, 0.4) is 0 Å². The molecule has 0 bridgehead atoms. The average molecular weight is 251 g/mol. The van der Waals surface area contributed by atoms with Crippen LogP contribution in [0.15, 0.2) is 54.9 Å². The standard InChI is InChI=1S/C15H13N3O/c16-14(19)13-8-12-6-7-18(15(12)17-9-13)10-11-4-2-1-3-5-11/h1-9H,10H2,(H2,16,19). The number of amides is 1. The van der Waals surface area contributed by atoms with Crippen molar-refractivity contribution in [1.29, 1.82) is 0 Å². The Morgan fingerprint density at radius 1 is 1.21 bits per heavy atom. The Kier molecular flexibility index (Phi) is 2.76. The Hall–Kier alpha value is -2.62. The molecule has 0 atom stereocenters. The molecule has 0 radical (unpaired) electrons. The van der Waals surface area contributed by atoms with Crippen molar-refractivity contribution in [2.24, 2.45) is 5.73 Å². The molecule has 0 saturated carbocycles. The zero-order valence-corrected chi connectivity index (χ0v) is 10.3. The number of aromatic nitrogens is 2. The lowest BCUT2D eigenvalue weighted by molar-refractivity contribution is 0.1000. The molecule has 0 aliphatic rings. The van der Waals surface area contributed by atoms with Gasteiger partial charge in [0.15, 0.2) is 0 Å². The van der Waals surface area contributed by atoms with Crippen LogP contribution in [-0.4, -0.2) is 15.5 Å². The Morgan fingerprint density at radius 2 is 2.00 bits per heavy atom. The van der Waals surface area contributed by atoms with E-state index in [-0.39, 0.29) is 0 Å². The fourth-order valence-electron chi connectivity index (χ4n) is 2.12. The molecule has 0 spiro atoms. The molecule has 19 heavy (non-hydrogen) atoms. The minimum atomic E-state index is -0.454. The number of carbonyl (C=O) groups excluding carboxylic acids is 1. The van der Waals surface area contributed by atoms with E-state index in [1.807, 2.05) is 30.5 Å².